The number of ether oxygens (including phenoxy) is 1. The van der Waals surface area contributed by atoms with Gasteiger partial charge in [-0.1, -0.05) is 25.5 Å². The van der Waals surface area contributed by atoms with Gasteiger partial charge in [-0.25, -0.2) is 0 Å². The summed E-state index contributed by atoms with van der Waals surface area (Å²) in [5.74, 6) is 1.37. The van der Waals surface area contributed by atoms with Gasteiger partial charge in [0.1, 0.15) is 0 Å². The van der Waals surface area contributed by atoms with Crippen LogP contribution in [0.25, 0.3) is 0 Å². The van der Waals surface area contributed by atoms with E-state index in [1.54, 1.807) is 0 Å². The molecule has 0 aliphatic heterocycles. The Hall–Kier alpha value is -0.380. The molecule has 23 heavy (non-hydrogen) atoms. The number of aliphatic hydroxyl groups excluding tert-OH is 2. The Morgan fingerprint density at radius 2 is 1.83 bits per heavy atom. The lowest BCUT2D eigenvalue weighted by Gasteiger charge is -2.58. The summed E-state index contributed by atoms with van der Waals surface area (Å²) in [5, 5.41) is 21.5. The molecular weight excluding hydrogens is 288 g/mol. The molecule has 0 aromatic rings. The van der Waals surface area contributed by atoms with Gasteiger partial charge in [-0.15, -0.1) is 0 Å². The van der Waals surface area contributed by atoms with Gasteiger partial charge in [-0.2, -0.15) is 0 Å². The second-order valence-electron chi connectivity index (χ2n) is 9.13. The Kier molecular flexibility index (Phi) is 3.72. The molecule has 2 N–H and O–H groups in total. The molecule has 8 atom stereocenters. The lowest BCUT2D eigenvalue weighted by Crippen LogP contribution is -2.55. The minimum absolute atomic E-state index is 0.0214. The molecule has 0 saturated heterocycles. The second kappa shape index (κ2) is 5.31. The molecule has 0 aromatic heterocycles. The fraction of sp³-hybridized carbons (Fsp3) is 0.900. The fourth-order valence-corrected chi connectivity index (χ4v) is 6.79. The average Bonchev–Trinajstić information content (AvgIpc) is 2.83. The molecule has 4 rings (SSSR count). The zero-order chi connectivity index (χ0) is 16.4. The molecular formula is C20H32O3. The van der Waals surface area contributed by atoms with Crippen molar-refractivity contribution in [2.24, 2.45) is 28.6 Å². The quantitative estimate of drug-likeness (QED) is 0.729. The van der Waals surface area contributed by atoms with Crippen LogP contribution >= 0.6 is 0 Å². The molecule has 3 nitrogen and oxygen atoms in total. The monoisotopic (exact) mass is 320 g/mol. The van der Waals surface area contributed by atoms with Gasteiger partial charge in [0.15, 0.2) is 0 Å². The van der Waals surface area contributed by atoms with Crippen molar-refractivity contribution in [3.63, 3.8) is 0 Å². The Balaban J connectivity index is 1.70. The van der Waals surface area contributed by atoms with E-state index in [-0.39, 0.29) is 23.0 Å². The molecule has 3 unspecified atom stereocenters. The van der Waals surface area contributed by atoms with Crippen LogP contribution in [0.4, 0.5) is 0 Å². The number of rotatable bonds is 1. The maximum absolute atomic E-state index is 11.0. The first-order valence-corrected chi connectivity index (χ1v) is 9.50. The number of fused-ring (bicyclic) bond motifs is 5. The summed E-state index contributed by atoms with van der Waals surface area (Å²) in [4.78, 5) is 0. The SMILES string of the molecule is COC1CC[C@@]2(C)C(=CC(O)[C@@H]3[C@H]2CC[C@]2(C)C(O)CC[C@@H]32)C1. The van der Waals surface area contributed by atoms with E-state index in [1.807, 2.05) is 7.11 Å². The molecule has 0 radical (unpaired) electrons. The summed E-state index contributed by atoms with van der Waals surface area (Å²) in [6.45, 7) is 4.70. The van der Waals surface area contributed by atoms with Gasteiger partial charge in [0.2, 0.25) is 0 Å². The van der Waals surface area contributed by atoms with E-state index in [9.17, 15) is 10.2 Å². The normalized spacial score (nSPS) is 55.6. The second-order valence-corrected chi connectivity index (χ2v) is 9.13. The van der Waals surface area contributed by atoms with Crippen LogP contribution in [0.1, 0.15) is 58.8 Å². The van der Waals surface area contributed by atoms with E-state index < -0.39 is 0 Å². The number of hydrogen-bond acceptors (Lipinski definition) is 3. The highest BCUT2D eigenvalue weighted by molar-refractivity contribution is 5.28. The number of hydrogen-bond donors (Lipinski definition) is 2. The summed E-state index contributed by atoms with van der Waals surface area (Å²) < 4.78 is 5.60. The predicted octanol–water partition coefficient (Wildman–Crippen LogP) is 3.30. The van der Waals surface area contributed by atoms with Crippen LogP contribution in [0.15, 0.2) is 11.6 Å². The molecule has 4 aliphatic rings. The minimum atomic E-state index is -0.339. The standard InChI is InChI=1S/C20H32O3/c1-19-8-6-13(23-3)10-12(19)11-16(21)18-14-4-5-17(22)20(14,2)9-7-15(18)19/h11,13-18,21-22H,4-10H2,1-3H3/t13?,14-,15+,16?,17?,18-,19-,20-/m0/s1. The smallest absolute Gasteiger partial charge is 0.0757 e. The summed E-state index contributed by atoms with van der Waals surface area (Å²) >= 11 is 0. The van der Waals surface area contributed by atoms with Crippen molar-refractivity contribution in [2.45, 2.75) is 77.1 Å². The van der Waals surface area contributed by atoms with Crippen molar-refractivity contribution in [3.05, 3.63) is 11.6 Å². The Morgan fingerprint density at radius 3 is 2.57 bits per heavy atom. The molecule has 3 fully saturated rings. The lowest BCUT2D eigenvalue weighted by molar-refractivity contribution is -0.106. The third kappa shape index (κ3) is 2.12. The number of aliphatic hydroxyl groups is 2. The highest BCUT2D eigenvalue weighted by Gasteiger charge is 2.60. The van der Waals surface area contributed by atoms with Crippen molar-refractivity contribution in [2.75, 3.05) is 7.11 Å². The molecule has 3 saturated carbocycles. The predicted molar refractivity (Wildman–Crippen MR) is 89.9 cm³/mol. The first kappa shape index (κ1) is 16.1. The summed E-state index contributed by atoms with van der Waals surface area (Å²) in [5.41, 5.74) is 1.69. The molecule has 4 aliphatic carbocycles. The van der Waals surface area contributed by atoms with Gasteiger partial charge in [0.05, 0.1) is 18.3 Å². The molecule has 130 valence electrons. The third-order valence-corrected chi connectivity index (χ3v) is 8.37. The fourth-order valence-electron chi connectivity index (χ4n) is 6.79. The zero-order valence-corrected chi connectivity index (χ0v) is 14.8. The van der Waals surface area contributed by atoms with Crippen LogP contribution in [0, 0.1) is 28.6 Å². The van der Waals surface area contributed by atoms with Crippen LogP contribution in [0.5, 0.6) is 0 Å². The van der Waals surface area contributed by atoms with E-state index in [1.165, 1.54) is 12.0 Å². The maximum atomic E-state index is 11.0. The van der Waals surface area contributed by atoms with Crippen molar-refractivity contribution in [1.29, 1.82) is 0 Å². The van der Waals surface area contributed by atoms with Crippen LogP contribution in [0.2, 0.25) is 0 Å². The lowest BCUT2D eigenvalue weighted by atomic mass is 9.47. The number of methoxy groups -OCH3 is 1. The largest absolute Gasteiger partial charge is 0.393 e. The highest BCUT2D eigenvalue weighted by atomic mass is 16.5. The molecule has 0 spiro atoms. The van der Waals surface area contributed by atoms with Gasteiger partial charge < -0.3 is 14.9 Å². The van der Waals surface area contributed by atoms with Crippen LogP contribution < -0.4 is 0 Å². The van der Waals surface area contributed by atoms with Gasteiger partial charge >= 0.3 is 0 Å². The topological polar surface area (TPSA) is 49.7 Å². The summed E-state index contributed by atoms with van der Waals surface area (Å²) in [6.07, 6.45) is 9.52. The molecule has 0 heterocycles. The molecule has 0 aromatic carbocycles. The zero-order valence-electron chi connectivity index (χ0n) is 14.8. The van der Waals surface area contributed by atoms with E-state index in [2.05, 4.69) is 19.9 Å². The van der Waals surface area contributed by atoms with Crippen molar-refractivity contribution in [1.82, 2.24) is 0 Å². The molecule has 0 amide bonds. The minimum Gasteiger partial charge on any atom is -0.393 e. The van der Waals surface area contributed by atoms with Crippen molar-refractivity contribution in [3.8, 4) is 0 Å². The van der Waals surface area contributed by atoms with Gasteiger partial charge in [0.25, 0.3) is 0 Å². The first-order valence-electron chi connectivity index (χ1n) is 9.50. The van der Waals surface area contributed by atoms with Crippen molar-refractivity contribution < 1.29 is 14.9 Å². The summed E-state index contributed by atoms with van der Waals surface area (Å²) in [7, 11) is 1.81. The van der Waals surface area contributed by atoms with Crippen LogP contribution in [-0.2, 0) is 4.74 Å². The van der Waals surface area contributed by atoms with E-state index in [0.29, 0.717) is 23.9 Å². The molecule has 3 heteroatoms. The van der Waals surface area contributed by atoms with Gasteiger partial charge in [0, 0.05) is 7.11 Å². The van der Waals surface area contributed by atoms with E-state index >= 15 is 0 Å². The Bertz CT molecular complexity index is 515. The van der Waals surface area contributed by atoms with Crippen LogP contribution in [-0.4, -0.2) is 35.6 Å². The Labute approximate surface area is 140 Å². The molecule has 0 bridgehead atoms. The Morgan fingerprint density at radius 1 is 1.04 bits per heavy atom. The maximum Gasteiger partial charge on any atom is 0.0757 e. The van der Waals surface area contributed by atoms with Crippen molar-refractivity contribution >= 4 is 0 Å². The van der Waals surface area contributed by atoms with E-state index in [4.69, 9.17) is 4.74 Å². The van der Waals surface area contributed by atoms with Crippen LogP contribution in [0.3, 0.4) is 0 Å². The highest BCUT2D eigenvalue weighted by Crippen LogP contribution is 2.64. The summed E-state index contributed by atoms with van der Waals surface area (Å²) in [6, 6.07) is 0. The third-order valence-electron chi connectivity index (χ3n) is 8.37. The van der Waals surface area contributed by atoms with Gasteiger partial charge in [-0.3, -0.25) is 0 Å². The van der Waals surface area contributed by atoms with E-state index in [0.717, 1.165) is 38.5 Å². The average molecular weight is 320 g/mol. The first-order chi connectivity index (χ1) is 10.9. The van der Waals surface area contributed by atoms with Gasteiger partial charge in [-0.05, 0) is 73.5 Å².